The van der Waals surface area contributed by atoms with Crippen LogP contribution in [-0.4, -0.2) is 33.4 Å². The fourth-order valence-electron chi connectivity index (χ4n) is 1.46. The second-order valence-electron chi connectivity index (χ2n) is 3.58. The molecule has 3 heteroatoms. The van der Waals surface area contributed by atoms with Crippen LogP contribution < -0.4 is 10.2 Å². The van der Waals surface area contributed by atoms with Crippen molar-refractivity contribution < 1.29 is 0 Å². The fourth-order valence-corrected chi connectivity index (χ4v) is 1.87. The average Bonchev–Trinajstić information content (AvgIpc) is 2.29. The smallest absolute Gasteiger partial charge is 0.0364 e. The highest BCUT2D eigenvalue weighted by Crippen LogP contribution is 2.19. The predicted molar refractivity (Wildman–Crippen MR) is 70.0 cm³/mol. The molecule has 1 aromatic rings. The van der Waals surface area contributed by atoms with Gasteiger partial charge in [-0.25, -0.2) is 0 Å². The Morgan fingerprint density at radius 1 is 1.27 bits per heavy atom. The lowest BCUT2D eigenvalue weighted by Gasteiger charge is -2.19. The van der Waals surface area contributed by atoms with Gasteiger partial charge in [0.2, 0.25) is 0 Å². The lowest BCUT2D eigenvalue weighted by atomic mass is 10.3. The largest absolute Gasteiger partial charge is 0.375 e. The summed E-state index contributed by atoms with van der Waals surface area (Å²) in [6.07, 6.45) is 3.28. The summed E-state index contributed by atoms with van der Waals surface area (Å²) in [5, 5.41) is 3.16. The molecule has 15 heavy (non-hydrogen) atoms. The molecule has 0 bridgehead atoms. The molecule has 0 aromatic heterocycles. The van der Waals surface area contributed by atoms with Gasteiger partial charge in [0.1, 0.15) is 0 Å². The van der Waals surface area contributed by atoms with Crippen LogP contribution >= 0.6 is 11.8 Å². The molecule has 0 fully saturated rings. The first-order valence-corrected chi connectivity index (χ1v) is 6.50. The molecular formula is C12H20N2S. The molecule has 0 atom stereocenters. The van der Waals surface area contributed by atoms with Crippen LogP contribution in [0.2, 0.25) is 0 Å². The van der Waals surface area contributed by atoms with E-state index in [0.717, 1.165) is 13.1 Å². The molecule has 84 valence electrons. The molecule has 0 spiro atoms. The quantitative estimate of drug-likeness (QED) is 0.590. The molecule has 0 amide bonds. The zero-order valence-corrected chi connectivity index (χ0v) is 10.6. The summed E-state index contributed by atoms with van der Waals surface area (Å²) in [6.45, 7) is 2.17. The molecule has 1 rings (SSSR count). The minimum Gasteiger partial charge on any atom is -0.375 e. The Morgan fingerprint density at radius 3 is 2.47 bits per heavy atom. The fraction of sp³-hybridized carbons (Fsp3) is 0.500. The Hall–Kier alpha value is -0.670. The number of anilines is 1. The first-order chi connectivity index (χ1) is 7.27. The lowest BCUT2D eigenvalue weighted by Crippen LogP contribution is -2.22. The van der Waals surface area contributed by atoms with Gasteiger partial charge in [-0.2, -0.15) is 0 Å². The van der Waals surface area contributed by atoms with E-state index in [1.54, 1.807) is 11.8 Å². The minimum atomic E-state index is 1.08. The zero-order chi connectivity index (χ0) is 11.1. The summed E-state index contributed by atoms with van der Waals surface area (Å²) >= 11 is 1.78. The second-order valence-corrected chi connectivity index (χ2v) is 4.46. The summed E-state index contributed by atoms with van der Waals surface area (Å²) in [5.74, 6) is 0. The van der Waals surface area contributed by atoms with Gasteiger partial charge in [-0.15, -0.1) is 11.8 Å². The number of nitrogens with zero attached hydrogens (tertiary/aromatic N) is 1. The first kappa shape index (κ1) is 12.4. The highest BCUT2D eigenvalue weighted by Gasteiger charge is 1.99. The lowest BCUT2D eigenvalue weighted by molar-refractivity contribution is 0.713. The van der Waals surface area contributed by atoms with E-state index in [1.165, 1.54) is 17.0 Å². The molecule has 0 saturated heterocycles. The molecular weight excluding hydrogens is 204 g/mol. The molecule has 0 aliphatic carbocycles. The van der Waals surface area contributed by atoms with Gasteiger partial charge in [0.05, 0.1) is 0 Å². The van der Waals surface area contributed by atoms with Crippen molar-refractivity contribution in [1.82, 2.24) is 5.32 Å². The van der Waals surface area contributed by atoms with Gasteiger partial charge in [-0.3, -0.25) is 0 Å². The van der Waals surface area contributed by atoms with E-state index in [2.05, 4.69) is 47.8 Å². The van der Waals surface area contributed by atoms with Crippen LogP contribution in [0.15, 0.2) is 29.2 Å². The maximum atomic E-state index is 3.16. The maximum Gasteiger partial charge on any atom is 0.0364 e. The van der Waals surface area contributed by atoms with Crippen LogP contribution in [0, 0.1) is 0 Å². The van der Waals surface area contributed by atoms with Crippen molar-refractivity contribution in [1.29, 1.82) is 0 Å². The molecule has 0 radical (unpaired) electrons. The highest BCUT2D eigenvalue weighted by molar-refractivity contribution is 7.98. The molecule has 0 saturated carbocycles. The second kappa shape index (κ2) is 6.75. The number of nitrogens with one attached hydrogen (secondary N) is 1. The SMILES string of the molecule is CNCCCN(C)c1ccc(SC)cc1. The van der Waals surface area contributed by atoms with Gasteiger partial charge >= 0.3 is 0 Å². The Kier molecular flexibility index (Phi) is 5.58. The Labute approximate surface area is 97.1 Å². The van der Waals surface area contributed by atoms with Gasteiger partial charge in [0.15, 0.2) is 0 Å². The van der Waals surface area contributed by atoms with Crippen molar-refractivity contribution in [3.05, 3.63) is 24.3 Å². The van der Waals surface area contributed by atoms with E-state index < -0.39 is 0 Å². The van der Waals surface area contributed by atoms with Crippen molar-refractivity contribution in [3.8, 4) is 0 Å². The van der Waals surface area contributed by atoms with E-state index in [-0.39, 0.29) is 0 Å². The standard InChI is InChI=1S/C12H20N2S/c1-13-9-4-10-14(2)11-5-7-12(15-3)8-6-11/h5-8,13H,4,9-10H2,1-3H3. The minimum absolute atomic E-state index is 1.08. The molecule has 1 N–H and O–H groups in total. The normalized spacial score (nSPS) is 10.3. The Balaban J connectivity index is 2.46. The zero-order valence-electron chi connectivity index (χ0n) is 9.79. The number of hydrogen-bond acceptors (Lipinski definition) is 3. The van der Waals surface area contributed by atoms with Crippen molar-refractivity contribution in [3.63, 3.8) is 0 Å². The summed E-state index contributed by atoms with van der Waals surface area (Å²) < 4.78 is 0. The first-order valence-electron chi connectivity index (χ1n) is 5.27. The topological polar surface area (TPSA) is 15.3 Å². The van der Waals surface area contributed by atoms with Crippen molar-refractivity contribution in [2.45, 2.75) is 11.3 Å². The number of hydrogen-bond donors (Lipinski definition) is 1. The molecule has 0 unspecified atom stereocenters. The molecule has 0 aliphatic rings. The van der Waals surface area contributed by atoms with Crippen molar-refractivity contribution in [2.75, 3.05) is 38.3 Å². The van der Waals surface area contributed by atoms with Crippen LogP contribution in [-0.2, 0) is 0 Å². The Bertz CT molecular complexity index is 271. The monoisotopic (exact) mass is 224 g/mol. The maximum absolute atomic E-state index is 3.16. The number of thioether (sulfide) groups is 1. The number of rotatable bonds is 6. The number of benzene rings is 1. The van der Waals surface area contributed by atoms with Crippen LogP contribution in [0.3, 0.4) is 0 Å². The highest BCUT2D eigenvalue weighted by atomic mass is 32.2. The summed E-state index contributed by atoms with van der Waals surface area (Å²) in [5.41, 5.74) is 1.30. The third-order valence-corrected chi connectivity index (χ3v) is 3.18. The van der Waals surface area contributed by atoms with Crippen LogP contribution in [0.5, 0.6) is 0 Å². The van der Waals surface area contributed by atoms with Crippen LogP contribution in [0.1, 0.15) is 6.42 Å². The summed E-state index contributed by atoms with van der Waals surface area (Å²) in [7, 11) is 4.14. The summed E-state index contributed by atoms with van der Waals surface area (Å²) in [6, 6.07) is 8.72. The van der Waals surface area contributed by atoms with Crippen molar-refractivity contribution in [2.24, 2.45) is 0 Å². The van der Waals surface area contributed by atoms with E-state index in [9.17, 15) is 0 Å². The summed E-state index contributed by atoms with van der Waals surface area (Å²) in [4.78, 5) is 3.61. The molecule has 2 nitrogen and oxygen atoms in total. The van der Waals surface area contributed by atoms with E-state index >= 15 is 0 Å². The van der Waals surface area contributed by atoms with E-state index in [4.69, 9.17) is 0 Å². The van der Waals surface area contributed by atoms with Crippen LogP contribution in [0.4, 0.5) is 5.69 Å². The van der Waals surface area contributed by atoms with Gasteiger partial charge < -0.3 is 10.2 Å². The molecule has 1 aromatic carbocycles. The van der Waals surface area contributed by atoms with E-state index in [1.807, 2.05) is 7.05 Å². The van der Waals surface area contributed by atoms with Gasteiger partial charge in [0.25, 0.3) is 0 Å². The van der Waals surface area contributed by atoms with Gasteiger partial charge in [-0.1, -0.05) is 0 Å². The Morgan fingerprint density at radius 2 is 1.93 bits per heavy atom. The van der Waals surface area contributed by atoms with Crippen molar-refractivity contribution >= 4 is 17.4 Å². The third kappa shape index (κ3) is 4.14. The molecule has 0 heterocycles. The predicted octanol–water partition coefficient (Wildman–Crippen LogP) is 2.45. The molecule has 0 aliphatic heterocycles. The van der Waals surface area contributed by atoms with Crippen LogP contribution in [0.25, 0.3) is 0 Å². The van der Waals surface area contributed by atoms with E-state index in [0.29, 0.717) is 0 Å². The van der Waals surface area contributed by atoms with Gasteiger partial charge in [0, 0.05) is 24.2 Å². The average molecular weight is 224 g/mol. The third-order valence-electron chi connectivity index (χ3n) is 2.43. The van der Waals surface area contributed by atoms with Gasteiger partial charge in [-0.05, 0) is 50.5 Å².